The van der Waals surface area contributed by atoms with Crippen LogP contribution in [0.25, 0.3) is 0 Å². The van der Waals surface area contributed by atoms with Crippen LogP contribution in [0.15, 0.2) is 0 Å². The maximum atomic E-state index is 9.82. The minimum atomic E-state index is -0.488. The van der Waals surface area contributed by atoms with Crippen molar-refractivity contribution in [2.24, 2.45) is 0 Å². The Morgan fingerprint density at radius 1 is 1.06 bits per heavy atom. The van der Waals surface area contributed by atoms with Gasteiger partial charge in [0.15, 0.2) is 0 Å². The molecule has 4 heteroatoms. The molecule has 0 N–H and O–H groups in total. The Labute approximate surface area is 110 Å². The van der Waals surface area contributed by atoms with E-state index in [0.29, 0.717) is 0 Å². The lowest BCUT2D eigenvalue weighted by Crippen LogP contribution is -2.62. The van der Waals surface area contributed by atoms with Crippen LogP contribution in [0.3, 0.4) is 0 Å². The SMILES string of the molecule is CN1CCN(C2(C#N)CC(C)(C)OC2(C)C)CC1. The van der Waals surface area contributed by atoms with Crippen molar-refractivity contribution in [1.82, 2.24) is 9.80 Å². The van der Waals surface area contributed by atoms with Gasteiger partial charge >= 0.3 is 0 Å². The van der Waals surface area contributed by atoms with Gasteiger partial charge in [0.1, 0.15) is 5.54 Å². The second kappa shape index (κ2) is 4.19. The van der Waals surface area contributed by atoms with Gasteiger partial charge in [0, 0.05) is 32.6 Å². The quantitative estimate of drug-likeness (QED) is 0.707. The number of rotatable bonds is 1. The van der Waals surface area contributed by atoms with E-state index in [4.69, 9.17) is 4.74 Å². The highest BCUT2D eigenvalue weighted by atomic mass is 16.5. The Balaban J connectivity index is 2.29. The molecule has 2 aliphatic heterocycles. The highest BCUT2D eigenvalue weighted by Crippen LogP contribution is 2.48. The monoisotopic (exact) mass is 251 g/mol. The topological polar surface area (TPSA) is 39.5 Å². The lowest BCUT2D eigenvalue weighted by atomic mass is 9.78. The number of nitrogens with zero attached hydrogens (tertiary/aromatic N) is 3. The number of piperazine rings is 1. The standard InChI is InChI=1S/C14H25N3O/c1-12(2)10-14(11-15,13(3,4)18-12)17-8-6-16(5)7-9-17/h6-10H2,1-5H3. The highest BCUT2D eigenvalue weighted by Gasteiger charge is 2.60. The Morgan fingerprint density at radius 2 is 1.61 bits per heavy atom. The lowest BCUT2D eigenvalue weighted by molar-refractivity contribution is -0.0970. The van der Waals surface area contributed by atoms with Gasteiger partial charge in [-0.15, -0.1) is 0 Å². The molecule has 2 rings (SSSR count). The summed E-state index contributed by atoms with van der Waals surface area (Å²) < 4.78 is 6.15. The van der Waals surface area contributed by atoms with Gasteiger partial charge in [-0.05, 0) is 34.7 Å². The molecule has 2 aliphatic rings. The summed E-state index contributed by atoms with van der Waals surface area (Å²) in [5, 5.41) is 9.82. The molecule has 0 saturated carbocycles. The van der Waals surface area contributed by atoms with Crippen molar-refractivity contribution in [2.45, 2.75) is 50.9 Å². The molecule has 18 heavy (non-hydrogen) atoms. The highest BCUT2D eigenvalue weighted by molar-refractivity contribution is 5.24. The molecule has 2 fully saturated rings. The number of hydrogen-bond donors (Lipinski definition) is 0. The summed E-state index contributed by atoms with van der Waals surface area (Å²) in [7, 11) is 2.14. The molecule has 2 saturated heterocycles. The molecule has 0 bridgehead atoms. The normalized spacial score (nSPS) is 36.4. The van der Waals surface area contributed by atoms with Crippen molar-refractivity contribution in [1.29, 1.82) is 5.26 Å². The van der Waals surface area contributed by atoms with Gasteiger partial charge < -0.3 is 9.64 Å². The third kappa shape index (κ3) is 2.05. The van der Waals surface area contributed by atoms with Gasteiger partial charge in [-0.2, -0.15) is 5.26 Å². The van der Waals surface area contributed by atoms with Crippen LogP contribution in [0.4, 0.5) is 0 Å². The van der Waals surface area contributed by atoms with Gasteiger partial charge in [0.25, 0.3) is 0 Å². The molecular formula is C14H25N3O. The smallest absolute Gasteiger partial charge is 0.140 e. The summed E-state index contributed by atoms with van der Waals surface area (Å²) in [6, 6.07) is 2.59. The van der Waals surface area contributed by atoms with E-state index in [1.807, 2.05) is 0 Å². The molecule has 0 amide bonds. The largest absolute Gasteiger partial charge is 0.367 e. The molecule has 0 aromatic heterocycles. The summed E-state index contributed by atoms with van der Waals surface area (Å²) in [4.78, 5) is 4.65. The zero-order valence-corrected chi connectivity index (χ0v) is 12.3. The predicted molar refractivity (Wildman–Crippen MR) is 71.3 cm³/mol. The van der Waals surface area contributed by atoms with Gasteiger partial charge in [-0.25, -0.2) is 0 Å². The maximum Gasteiger partial charge on any atom is 0.140 e. The van der Waals surface area contributed by atoms with Crippen molar-refractivity contribution < 1.29 is 4.74 Å². The molecule has 0 radical (unpaired) electrons. The first kappa shape index (κ1) is 13.8. The van der Waals surface area contributed by atoms with Crippen LogP contribution in [0.1, 0.15) is 34.1 Å². The number of hydrogen-bond acceptors (Lipinski definition) is 4. The van der Waals surface area contributed by atoms with E-state index in [1.54, 1.807) is 0 Å². The maximum absolute atomic E-state index is 9.82. The van der Waals surface area contributed by atoms with Crippen LogP contribution < -0.4 is 0 Å². The second-order valence-corrected chi connectivity index (χ2v) is 6.81. The number of nitriles is 1. The summed E-state index contributed by atoms with van der Waals surface area (Å²) in [6.07, 6.45) is 0.785. The molecule has 4 nitrogen and oxygen atoms in total. The fourth-order valence-electron chi connectivity index (χ4n) is 3.57. The zero-order valence-electron chi connectivity index (χ0n) is 12.3. The van der Waals surface area contributed by atoms with Crippen molar-refractivity contribution in [3.8, 4) is 6.07 Å². The van der Waals surface area contributed by atoms with Gasteiger partial charge in [-0.1, -0.05) is 0 Å². The van der Waals surface area contributed by atoms with Crippen LogP contribution in [-0.4, -0.2) is 59.8 Å². The molecule has 1 unspecified atom stereocenters. The molecule has 1 atom stereocenters. The van der Waals surface area contributed by atoms with Crippen molar-refractivity contribution in [3.63, 3.8) is 0 Å². The first-order valence-electron chi connectivity index (χ1n) is 6.77. The van der Waals surface area contributed by atoms with Gasteiger partial charge in [0.05, 0.1) is 17.3 Å². The average molecular weight is 251 g/mol. The summed E-state index contributed by atoms with van der Waals surface area (Å²) in [5.74, 6) is 0. The Bertz CT molecular complexity index is 364. The molecule has 102 valence electrons. The average Bonchev–Trinajstić information content (AvgIpc) is 2.44. The third-order valence-corrected chi connectivity index (χ3v) is 4.44. The molecule has 2 heterocycles. The lowest BCUT2D eigenvalue weighted by Gasteiger charge is -2.46. The van der Waals surface area contributed by atoms with E-state index in [-0.39, 0.29) is 5.60 Å². The van der Waals surface area contributed by atoms with E-state index in [9.17, 15) is 5.26 Å². The van der Waals surface area contributed by atoms with Gasteiger partial charge in [0.2, 0.25) is 0 Å². The van der Waals surface area contributed by atoms with Crippen LogP contribution in [0, 0.1) is 11.3 Å². The van der Waals surface area contributed by atoms with Crippen LogP contribution >= 0.6 is 0 Å². The van der Waals surface area contributed by atoms with Crippen molar-refractivity contribution >= 4 is 0 Å². The third-order valence-electron chi connectivity index (χ3n) is 4.44. The second-order valence-electron chi connectivity index (χ2n) is 6.81. The van der Waals surface area contributed by atoms with Gasteiger partial charge in [-0.3, -0.25) is 4.90 Å². The molecular weight excluding hydrogens is 226 g/mol. The minimum Gasteiger partial charge on any atom is -0.367 e. The Hall–Kier alpha value is -0.630. The number of ether oxygens (including phenoxy) is 1. The first-order valence-corrected chi connectivity index (χ1v) is 6.77. The van der Waals surface area contributed by atoms with E-state index in [1.165, 1.54) is 0 Å². The summed E-state index contributed by atoms with van der Waals surface area (Å²) >= 11 is 0. The summed E-state index contributed by atoms with van der Waals surface area (Å²) in [6.45, 7) is 12.3. The zero-order chi connectivity index (χ0) is 13.6. The Morgan fingerprint density at radius 3 is 2.00 bits per heavy atom. The fraction of sp³-hybridized carbons (Fsp3) is 0.929. The minimum absolute atomic E-state index is 0.220. The first-order chi connectivity index (χ1) is 8.22. The predicted octanol–water partition coefficient (Wildman–Crippen LogP) is 1.47. The van der Waals surface area contributed by atoms with E-state index in [0.717, 1.165) is 32.6 Å². The van der Waals surface area contributed by atoms with Crippen molar-refractivity contribution in [3.05, 3.63) is 0 Å². The van der Waals surface area contributed by atoms with E-state index < -0.39 is 11.1 Å². The fourth-order valence-corrected chi connectivity index (χ4v) is 3.57. The Kier molecular flexibility index (Phi) is 3.21. The van der Waals surface area contributed by atoms with Crippen molar-refractivity contribution in [2.75, 3.05) is 33.2 Å². The van der Waals surface area contributed by atoms with E-state index >= 15 is 0 Å². The molecule has 0 spiro atoms. The number of likely N-dealkylation sites (N-methyl/N-ethyl adjacent to an activating group) is 1. The van der Waals surface area contributed by atoms with Crippen LogP contribution in [-0.2, 0) is 4.74 Å². The molecule has 0 aromatic carbocycles. The molecule has 0 aliphatic carbocycles. The summed E-state index contributed by atoms with van der Waals surface area (Å²) in [5.41, 5.74) is -1.12. The van der Waals surface area contributed by atoms with Crippen LogP contribution in [0.2, 0.25) is 0 Å². The van der Waals surface area contributed by atoms with E-state index in [2.05, 4.69) is 50.6 Å². The van der Waals surface area contributed by atoms with Crippen LogP contribution in [0.5, 0.6) is 0 Å². The molecule has 0 aromatic rings.